The Morgan fingerprint density at radius 3 is 2.56 bits per heavy atom. The number of ether oxygens (including phenoxy) is 2. The number of thiophene rings is 1. The summed E-state index contributed by atoms with van der Waals surface area (Å²) in [5.74, 6) is 1.09. The number of nitrogens with zero attached hydrogens (tertiary/aromatic N) is 4. The second-order valence-corrected chi connectivity index (χ2v) is 9.12. The lowest BCUT2D eigenvalue weighted by Gasteiger charge is -2.20. The number of carbonyl (C=O) groups excluding carboxylic acids is 1. The van der Waals surface area contributed by atoms with E-state index in [2.05, 4.69) is 4.98 Å². The zero-order chi connectivity index (χ0) is 22.0. The number of benzene rings is 1. The second-order valence-electron chi connectivity index (χ2n) is 7.02. The number of aromatic nitrogens is 1. The lowest BCUT2D eigenvalue weighted by molar-refractivity contribution is -0.380. The minimum Gasteiger partial charge on any atom is -0.486 e. The van der Waals surface area contributed by atoms with Crippen LogP contribution in [0.2, 0.25) is 0 Å². The lowest BCUT2D eigenvalue weighted by atomic mass is 10.3. The van der Waals surface area contributed by atoms with Gasteiger partial charge in [0.2, 0.25) is 0 Å². The molecule has 0 saturated carbocycles. The molecule has 4 rings (SSSR count). The maximum absolute atomic E-state index is 13.0. The first kappa shape index (κ1) is 23.9. The molecule has 0 radical (unpaired) electrons. The van der Waals surface area contributed by atoms with Gasteiger partial charge in [0.25, 0.3) is 5.91 Å². The molecule has 0 atom stereocenters. The van der Waals surface area contributed by atoms with Crippen LogP contribution < -0.4 is 14.4 Å². The van der Waals surface area contributed by atoms with Crippen LogP contribution in [0.15, 0.2) is 30.3 Å². The molecule has 0 fully saturated rings. The average Bonchev–Trinajstić information content (AvgIpc) is 3.37. The van der Waals surface area contributed by atoms with Crippen LogP contribution in [0, 0.1) is 10.1 Å². The number of halogens is 1. The average molecular weight is 497 g/mol. The van der Waals surface area contributed by atoms with Crippen molar-refractivity contribution in [2.75, 3.05) is 45.3 Å². The van der Waals surface area contributed by atoms with E-state index < -0.39 is 4.92 Å². The Hall–Kier alpha value is -2.73. The summed E-state index contributed by atoms with van der Waals surface area (Å²) in [6.07, 6.45) is 3.02. The SMILES string of the molecule is CN(C)CCN(C(=O)C=Cc1ccc([N+](=O)[O-])s1)c1nc2cc3c(cc2s1)OCCO3.Cl. The summed E-state index contributed by atoms with van der Waals surface area (Å²) in [6.45, 7) is 2.11. The van der Waals surface area contributed by atoms with Crippen molar-refractivity contribution in [3.63, 3.8) is 0 Å². The maximum atomic E-state index is 13.0. The highest BCUT2D eigenvalue weighted by atomic mass is 35.5. The van der Waals surface area contributed by atoms with E-state index in [1.54, 1.807) is 17.0 Å². The number of hydrogen-bond acceptors (Lipinski definition) is 9. The Kier molecular flexibility index (Phi) is 7.67. The van der Waals surface area contributed by atoms with Crippen LogP contribution in [0.25, 0.3) is 16.3 Å². The van der Waals surface area contributed by atoms with Crippen molar-refractivity contribution in [3.8, 4) is 11.5 Å². The maximum Gasteiger partial charge on any atom is 0.324 e. The molecule has 0 N–H and O–H groups in total. The van der Waals surface area contributed by atoms with Gasteiger partial charge in [-0.3, -0.25) is 19.8 Å². The van der Waals surface area contributed by atoms with Crippen LogP contribution in [0.1, 0.15) is 4.88 Å². The summed E-state index contributed by atoms with van der Waals surface area (Å²) in [5, 5.41) is 11.5. The third kappa shape index (κ3) is 5.36. The molecule has 0 aliphatic carbocycles. The lowest BCUT2D eigenvalue weighted by Crippen LogP contribution is -2.35. The molecule has 1 aliphatic rings. The van der Waals surface area contributed by atoms with Crippen LogP contribution in [-0.2, 0) is 4.79 Å². The van der Waals surface area contributed by atoms with Crippen molar-refractivity contribution in [2.45, 2.75) is 0 Å². The highest BCUT2D eigenvalue weighted by molar-refractivity contribution is 7.22. The van der Waals surface area contributed by atoms with Gasteiger partial charge in [0.15, 0.2) is 16.6 Å². The Labute approximate surface area is 198 Å². The summed E-state index contributed by atoms with van der Waals surface area (Å²) in [5.41, 5.74) is 0.741. The molecule has 12 heteroatoms. The molecule has 3 heterocycles. The monoisotopic (exact) mass is 496 g/mol. The summed E-state index contributed by atoms with van der Waals surface area (Å²) in [7, 11) is 3.87. The van der Waals surface area contributed by atoms with E-state index in [0.29, 0.717) is 47.8 Å². The normalized spacial score (nSPS) is 12.8. The fraction of sp³-hybridized carbons (Fsp3) is 0.300. The smallest absolute Gasteiger partial charge is 0.324 e. The molecule has 0 saturated heterocycles. The van der Waals surface area contributed by atoms with Crippen molar-refractivity contribution in [3.05, 3.63) is 45.3 Å². The van der Waals surface area contributed by atoms with Gasteiger partial charge < -0.3 is 14.4 Å². The van der Waals surface area contributed by atoms with Gasteiger partial charge in [0.05, 0.1) is 15.1 Å². The van der Waals surface area contributed by atoms with E-state index in [-0.39, 0.29) is 23.3 Å². The van der Waals surface area contributed by atoms with E-state index in [9.17, 15) is 14.9 Å². The molecule has 2 aromatic heterocycles. The van der Waals surface area contributed by atoms with Crippen LogP contribution >= 0.6 is 35.1 Å². The molecule has 9 nitrogen and oxygen atoms in total. The van der Waals surface area contributed by atoms with Gasteiger partial charge in [-0.2, -0.15) is 0 Å². The van der Waals surface area contributed by atoms with E-state index in [4.69, 9.17) is 9.47 Å². The number of fused-ring (bicyclic) bond motifs is 2. The predicted molar refractivity (Wildman–Crippen MR) is 129 cm³/mol. The number of nitro groups is 1. The van der Waals surface area contributed by atoms with Gasteiger partial charge >= 0.3 is 5.00 Å². The highest BCUT2D eigenvalue weighted by Gasteiger charge is 2.21. The van der Waals surface area contributed by atoms with Gasteiger partial charge in [0, 0.05) is 42.2 Å². The molecule has 0 spiro atoms. The molecule has 3 aromatic rings. The Morgan fingerprint density at radius 2 is 1.91 bits per heavy atom. The first-order valence-corrected chi connectivity index (χ1v) is 11.1. The standard InChI is InChI=1S/C20H20N4O5S2.ClH/c1-22(2)7-8-23(18(25)5-3-13-4-6-19(30-13)24(26)27)20-21-14-11-15-16(12-17(14)31-20)29-10-9-28-15;/h3-6,11-12H,7-10H2,1-2H3;1H. The zero-order valence-electron chi connectivity index (χ0n) is 17.3. The van der Waals surface area contributed by atoms with Crippen LogP contribution in [0.3, 0.4) is 0 Å². The number of likely N-dealkylation sites (N-methyl/N-ethyl adjacent to an activating group) is 1. The van der Waals surface area contributed by atoms with Crippen molar-refractivity contribution in [1.29, 1.82) is 0 Å². The van der Waals surface area contributed by atoms with Gasteiger partial charge in [0.1, 0.15) is 13.2 Å². The van der Waals surface area contributed by atoms with Gasteiger partial charge in [-0.15, -0.1) is 12.4 Å². The van der Waals surface area contributed by atoms with Crippen molar-refractivity contribution < 1.29 is 19.2 Å². The first-order valence-electron chi connectivity index (χ1n) is 9.49. The Morgan fingerprint density at radius 1 is 1.19 bits per heavy atom. The fourth-order valence-electron chi connectivity index (χ4n) is 2.94. The minimum atomic E-state index is -0.443. The number of hydrogen-bond donors (Lipinski definition) is 0. The second kappa shape index (κ2) is 10.3. The van der Waals surface area contributed by atoms with Crippen molar-refractivity contribution in [2.24, 2.45) is 0 Å². The Bertz CT molecular complexity index is 1120. The molecule has 170 valence electrons. The molecule has 0 bridgehead atoms. The molecule has 1 aromatic carbocycles. The number of rotatable bonds is 7. The first-order chi connectivity index (χ1) is 14.9. The van der Waals surface area contributed by atoms with E-state index in [1.807, 2.05) is 31.1 Å². The highest BCUT2D eigenvalue weighted by Crippen LogP contribution is 2.38. The molecule has 1 amide bonds. The zero-order valence-corrected chi connectivity index (χ0v) is 19.8. The van der Waals surface area contributed by atoms with E-state index in [0.717, 1.165) is 21.6 Å². The largest absolute Gasteiger partial charge is 0.486 e. The van der Waals surface area contributed by atoms with Crippen LogP contribution in [0.4, 0.5) is 10.1 Å². The van der Waals surface area contributed by atoms with Crippen molar-refractivity contribution >= 4 is 67.4 Å². The van der Waals surface area contributed by atoms with Crippen LogP contribution in [-0.4, -0.2) is 61.1 Å². The van der Waals surface area contributed by atoms with Gasteiger partial charge in [-0.1, -0.05) is 22.7 Å². The van der Waals surface area contributed by atoms with Crippen molar-refractivity contribution in [1.82, 2.24) is 9.88 Å². The summed E-state index contributed by atoms with van der Waals surface area (Å²) < 4.78 is 12.2. The Balaban J connectivity index is 0.00000289. The molecular weight excluding hydrogens is 476 g/mol. The predicted octanol–water partition coefficient (Wildman–Crippen LogP) is 4.07. The van der Waals surface area contributed by atoms with Gasteiger partial charge in [-0.05, 0) is 26.2 Å². The number of thiazole rings is 1. The van der Waals surface area contributed by atoms with E-state index >= 15 is 0 Å². The molecule has 0 unspecified atom stereocenters. The topological polar surface area (TPSA) is 98.0 Å². The quantitative estimate of drug-likeness (QED) is 0.276. The minimum absolute atomic E-state index is 0. The molecular formula is C20H21ClN4O5S2. The van der Waals surface area contributed by atoms with Crippen LogP contribution in [0.5, 0.6) is 11.5 Å². The summed E-state index contributed by atoms with van der Waals surface area (Å²) in [6, 6.07) is 6.77. The number of carbonyl (C=O) groups is 1. The third-order valence-electron chi connectivity index (χ3n) is 4.49. The number of anilines is 1. The third-order valence-corrected chi connectivity index (χ3v) is 6.53. The molecule has 1 aliphatic heterocycles. The summed E-state index contributed by atoms with van der Waals surface area (Å²) in [4.78, 5) is 32.3. The fourth-order valence-corrected chi connectivity index (χ4v) is 4.67. The van der Waals surface area contributed by atoms with Gasteiger partial charge in [-0.25, -0.2) is 4.98 Å². The molecule has 32 heavy (non-hydrogen) atoms. The number of amides is 1. The van der Waals surface area contributed by atoms with E-state index in [1.165, 1.54) is 23.5 Å². The summed E-state index contributed by atoms with van der Waals surface area (Å²) >= 11 is 2.43.